The van der Waals surface area contributed by atoms with Crippen LogP contribution in [0.3, 0.4) is 0 Å². The molecule has 3 rings (SSSR count). The van der Waals surface area contributed by atoms with Crippen LogP contribution in [0.15, 0.2) is 34.3 Å². The highest BCUT2D eigenvalue weighted by molar-refractivity contribution is 8.03. The molecule has 1 aromatic rings. The molecule has 0 amide bonds. The summed E-state index contributed by atoms with van der Waals surface area (Å²) in [6.45, 7) is 5.27. The second-order valence-electron chi connectivity index (χ2n) is 3.71. The van der Waals surface area contributed by atoms with Crippen molar-refractivity contribution >= 4 is 17.4 Å². The zero-order valence-electron chi connectivity index (χ0n) is 8.82. The number of benzene rings is 1. The van der Waals surface area contributed by atoms with E-state index < -0.39 is 0 Å². The SMILES string of the molecule is CCN1C=C2Sc3c(C)cccc3N2N1. The smallest absolute Gasteiger partial charge is 0.115 e. The number of hydrogen-bond acceptors (Lipinski definition) is 4. The number of fused-ring (bicyclic) bond motifs is 3. The van der Waals surface area contributed by atoms with Crippen molar-refractivity contribution in [2.45, 2.75) is 18.7 Å². The van der Waals surface area contributed by atoms with Crippen molar-refractivity contribution in [3.8, 4) is 0 Å². The Hall–Kier alpha value is -1.13. The Labute approximate surface area is 93.7 Å². The highest BCUT2D eigenvalue weighted by Gasteiger charge is 2.31. The van der Waals surface area contributed by atoms with E-state index in [0.717, 1.165) is 6.54 Å². The molecule has 3 nitrogen and oxygen atoms in total. The molecule has 0 aliphatic carbocycles. The van der Waals surface area contributed by atoms with E-state index in [9.17, 15) is 0 Å². The van der Waals surface area contributed by atoms with Crippen LogP contribution in [0.2, 0.25) is 0 Å². The Morgan fingerprint density at radius 2 is 2.27 bits per heavy atom. The van der Waals surface area contributed by atoms with E-state index in [-0.39, 0.29) is 0 Å². The number of hydrogen-bond donors (Lipinski definition) is 1. The van der Waals surface area contributed by atoms with E-state index in [0.29, 0.717) is 0 Å². The van der Waals surface area contributed by atoms with Crippen LogP contribution in [0.25, 0.3) is 0 Å². The molecule has 1 aromatic carbocycles. The first-order valence-corrected chi connectivity index (χ1v) is 5.93. The Morgan fingerprint density at radius 3 is 3.07 bits per heavy atom. The second kappa shape index (κ2) is 3.18. The summed E-state index contributed by atoms with van der Waals surface area (Å²) in [6.07, 6.45) is 2.16. The predicted octanol–water partition coefficient (Wildman–Crippen LogP) is 2.46. The molecule has 0 bridgehead atoms. The van der Waals surface area contributed by atoms with Crippen molar-refractivity contribution in [2.75, 3.05) is 11.6 Å². The second-order valence-corrected chi connectivity index (χ2v) is 4.74. The van der Waals surface area contributed by atoms with Crippen molar-refractivity contribution in [1.82, 2.24) is 10.5 Å². The molecule has 0 saturated carbocycles. The molecule has 0 saturated heterocycles. The Bertz CT molecular complexity index is 441. The number of nitrogens with one attached hydrogen (secondary N) is 1. The van der Waals surface area contributed by atoms with Gasteiger partial charge in [0.2, 0.25) is 0 Å². The lowest BCUT2D eigenvalue weighted by Gasteiger charge is -2.20. The minimum Gasteiger partial charge on any atom is -0.295 e. The van der Waals surface area contributed by atoms with Gasteiger partial charge in [-0.25, -0.2) is 5.01 Å². The predicted molar refractivity (Wildman–Crippen MR) is 63.1 cm³/mol. The maximum absolute atomic E-state index is 3.34. The summed E-state index contributed by atoms with van der Waals surface area (Å²) < 4.78 is 0. The standard InChI is InChI=1S/C11H13N3S/c1-3-13-7-10-14(12-13)9-6-4-5-8(2)11(9)15-10/h4-7,12H,3H2,1-2H3. The van der Waals surface area contributed by atoms with Crippen LogP contribution in [0.4, 0.5) is 5.69 Å². The Morgan fingerprint density at radius 1 is 1.40 bits per heavy atom. The number of thioether (sulfide) groups is 1. The number of hydrazine groups is 2. The molecule has 78 valence electrons. The monoisotopic (exact) mass is 219 g/mol. The van der Waals surface area contributed by atoms with Crippen molar-refractivity contribution < 1.29 is 0 Å². The summed E-state index contributed by atoms with van der Waals surface area (Å²) in [6, 6.07) is 6.42. The fourth-order valence-electron chi connectivity index (χ4n) is 1.85. The molecule has 2 heterocycles. The molecule has 4 heteroatoms. The van der Waals surface area contributed by atoms with E-state index in [4.69, 9.17) is 0 Å². The van der Waals surface area contributed by atoms with Crippen LogP contribution < -0.4 is 10.5 Å². The van der Waals surface area contributed by atoms with Crippen LogP contribution in [0.5, 0.6) is 0 Å². The third kappa shape index (κ3) is 1.25. The maximum atomic E-state index is 3.34. The van der Waals surface area contributed by atoms with Gasteiger partial charge in [-0.3, -0.25) is 5.01 Å². The minimum absolute atomic E-state index is 0.974. The van der Waals surface area contributed by atoms with Crippen LogP contribution in [0, 0.1) is 6.92 Å². The number of anilines is 1. The van der Waals surface area contributed by atoms with Crippen molar-refractivity contribution in [3.63, 3.8) is 0 Å². The number of nitrogens with zero attached hydrogens (tertiary/aromatic N) is 2. The molecular formula is C11H13N3S. The van der Waals surface area contributed by atoms with Gasteiger partial charge in [0, 0.05) is 17.6 Å². The molecule has 0 atom stereocenters. The van der Waals surface area contributed by atoms with E-state index in [2.05, 4.69) is 53.8 Å². The van der Waals surface area contributed by atoms with Gasteiger partial charge in [-0.15, -0.1) is 5.53 Å². The zero-order valence-corrected chi connectivity index (χ0v) is 9.64. The number of aryl methyl sites for hydroxylation is 1. The first kappa shape index (κ1) is 9.12. The summed E-state index contributed by atoms with van der Waals surface area (Å²) in [7, 11) is 0. The summed E-state index contributed by atoms with van der Waals surface area (Å²) in [5.74, 6) is 0. The van der Waals surface area contributed by atoms with E-state index >= 15 is 0 Å². The third-order valence-electron chi connectivity index (χ3n) is 2.69. The lowest BCUT2D eigenvalue weighted by atomic mass is 10.2. The Kier molecular flexibility index (Phi) is 1.94. The molecule has 0 fully saturated rings. The third-order valence-corrected chi connectivity index (χ3v) is 3.93. The zero-order chi connectivity index (χ0) is 10.4. The molecule has 0 aromatic heterocycles. The molecule has 2 aliphatic heterocycles. The summed E-state index contributed by atoms with van der Waals surface area (Å²) in [5, 5.41) is 5.51. The van der Waals surface area contributed by atoms with Crippen molar-refractivity contribution in [2.24, 2.45) is 0 Å². The largest absolute Gasteiger partial charge is 0.295 e. The van der Waals surface area contributed by atoms with Crippen molar-refractivity contribution in [1.29, 1.82) is 0 Å². The summed E-state index contributed by atoms with van der Waals surface area (Å²) >= 11 is 1.84. The van der Waals surface area contributed by atoms with Gasteiger partial charge in [-0.2, -0.15) is 0 Å². The fraction of sp³-hybridized carbons (Fsp3) is 0.273. The molecule has 0 unspecified atom stereocenters. The summed E-state index contributed by atoms with van der Waals surface area (Å²) in [4.78, 5) is 1.37. The first-order valence-electron chi connectivity index (χ1n) is 5.12. The Balaban J connectivity index is 2.03. The quantitative estimate of drug-likeness (QED) is 0.781. The summed E-state index contributed by atoms with van der Waals surface area (Å²) in [5.41, 5.74) is 5.95. The van der Waals surface area contributed by atoms with Gasteiger partial charge in [0.25, 0.3) is 0 Å². The normalized spacial score (nSPS) is 17.9. The molecular weight excluding hydrogens is 206 g/mol. The van der Waals surface area contributed by atoms with Gasteiger partial charge in [0.1, 0.15) is 5.03 Å². The molecule has 1 N–H and O–H groups in total. The van der Waals surface area contributed by atoms with Crippen LogP contribution in [0.1, 0.15) is 12.5 Å². The maximum Gasteiger partial charge on any atom is 0.115 e. The van der Waals surface area contributed by atoms with E-state index in [1.54, 1.807) is 0 Å². The lowest BCUT2D eigenvalue weighted by molar-refractivity contribution is 0.310. The molecule has 0 radical (unpaired) electrons. The van der Waals surface area contributed by atoms with E-state index in [1.807, 2.05) is 11.8 Å². The fourth-order valence-corrected chi connectivity index (χ4v) is 2.97. The van der Waals surface area contributed by atoms with E-state index in [1.165, 1.54) is 21.2 Å². The van der Waals surface area contributed by atoms with Gasteiger partial charge in [0.05, 0.1) is 5.69 Å². The lowest BCUT2D eigenvalue weighted by Crippen LogP contribution is -2.39. The van der Waals surface area contributed by atoms with Crippen LogP contribution in [-0.4, -0.2) is 11.6 Å². The van der Waals surface area contributed by atoms with Crippen molar-refractivity contribution in [3.05, 3.63) is 35.0 Å². The van der Waals surface area contributed by atoms with Crippen LogP contribution in [-0.2, 0) is 0 Å². The van der Waals surface area contributed by atoms with Gasteiger partial charge < -0.3 is 0 Å². The minimum atomic E-state index is 0.974. The average Bonchev–Trinajstić information content (AvgIpc) is 2.76. The van der Waals surface area contributed by atoms with Gasteiger partial charge in [-0.05, 0) is 25.5 Å². The topological polar surface area (TPSA) is 18.5 Å². The molecule has 2 aliphatic rings. The van der Waals surface area contributed by atoms with Gasteiger partial charge >= 0.3 is 0 Å². The van der Waals surface area contributed by atoms with Gasteiger partial charge in [-0.1, -0.05) is 23.9 Å². The highest BCUT2D eigenvalue weighted by Crippen LogP contribution is 2.48. The average molecular weight is 219 g/mol. The molecule has 0 spiro atoms. The highest BCUT2D eigenvalue weighted by atomic mass is 32.2. The number of rotatable bonds is 1. The molecule has 15 heavy (non-hydrogen) atoms. The van der Waals surface area contributed by atoms with Crippen LogP contribution >= 0.6 is 11.8 Å². The van der Waals surface area contributed by atoms with Gasteiger partial charge in [0.15, 0.2) is 0 Å². The first-order chi connectivity index (χ1) is 7.29.